The average molecular weight is 831 g/mol. The Morgan fingerprint density at radius 2 is 1.72 bits per heavy atom. The molecule has 7 rings (SSSR count). The Morgan fingerprint density at radius 3 is 2.43 bits per heavy atom. The van der Waals surface area contributed by atoms with Crippen molar-refractivity contribution in [2.75, 3.05) is 23.8 Å². The summed E-state index contributed by atoms with van der Waals surface area (Å²) in [6, 6.07) is 12.8. The van der Waals surface area contributed by atoms with Gasteiger partial charge in [-0.15, -0.1) is 0 Å². The number of halogens is 1. The number of urea groups is 1. The van der Waals surface area contributed by atoms with Gasteiger partial charge in [-0.2, -0.15) is 0 Å². The Bertz CT molecular complexity index is 2030. The van der Waals surface area contributed by atoms with Crippen molar-refractivity contribution in [3.63, 3.8) is 0 Å². The van der Waals surface area contributed by atoms with Gasteiger partial charge in [-0.3, -0.25) is 19.7 Å². The molecule has 10 atom stereocenters. The number of rotatable bonds is 15. The van der Waals surface area contributed by atoms with Gasteiger partial charge < -0.3 is 40.4 Å². The second-order valence-electron chi connectivity index (χ2n) is 17.2. The molecule has 0 aromatic heterocycles. The molecule has 2 aromatic carbocycles. The number of primary amides is 1. The van der Waals surface area contributed by atoms with Crippen LogP contribution in [0.3, 0.4) is 0 Å². The number of ketones is 2. The number of Topliss-reactive ketones (excluding diaryl/α,β-unsaturated/α-hetero) is 1. The van der Waals surface area contributed by atoms with E-state index >= 15 is 4.39 Å². The standard InChI is InChI=1S/C45H55FN4O10/c1-4-7-39-59-37-22-32-31-21-34(46)33-20-29(51)17-18-43(33,2)40(31)35(52)23-44(32,3)45(37,60-39)36(53)25-57-30-15-13-28(14-16-30)50-42(56)58-24-26-9-11-27(12-10-26)49-38(54)8-5-6-19-48-41(47)55/h9-18,20,31-32,34-35,37,39-40,52H,4-8,19,21-25H2,1-3H3,(H,49,54)(H,50,56)(H3,47,48,55)/t31-,32?,34-,35-,37+,39?,40?,43-,44-,45+/m0/s1. The van der Waals surface area contributed by atoms with Crippen LogP contribution in [0, 0.1) is 28.6 Å². The number of aliphatic hydroxyl groups excluding tert-OH is 1. The molecule has 14 nitrogen and oxygen atoms in total. The van der Waals surface area contributed by atoms with Crippen LogP contribution in [-0.4, -0.2) is 78.1 Å². The zero-order valence-corrected chi connectivity index (χ0v) is 34.2. The zero-order chi connectivity index (χ0) is 42.8. The van der Waals surface area contributed by atoms with Crippen molar-refractivity contribution >= 4 is 41.0 Å². The molecule has 60 heavy (non-hydrogen) atoms. The van der Waals surface area contributed by atoms with Gasteiger partial charge in [0.05, 0.1) is 12.2 Å². The first kappa shape index (κ1) is 43.0. The third-order valence-electron chi connectivity index (χ3n) is 13.4. The number of alkyl halides is 1. The maximum absolute atomic E-state index is 16.0. The molecule has 4 fully saturated rings. The maximum Gasteiger partial charge on any atom is 0.411 e. The highest BCUT2D eigenvalue weighted by Gasteiger charge is 2.76. The van der Waals surface area contributed by atoms with E-state index in [1.165, 1.54) is 12.2 Å². The molecule has 1 heterocycles. The minimum absolute atomic E-state index is 0.00804. The molecule has 5 aliphatic rings. The molecule has 2 aromatic rings. The first-order valence-corrected chi connectivity index (χ1v) is 20.9. The minimum atomic E-state index is -1.42. The number of benzene rings is 2. The second-order valence-corrected chi connectivity index (χ2v) is 17.2. The highest BCUT2D eigenvalue weighted by Crippen LogP contribution is 2.70. The summed E-state index contributed by atoms with van der Waals surface area (Å²) in [6.07, 6.45) is 4.22. The molecular weight excluding hydrogens is 776 g/mol. The van der Waals surface area contributed by atoms with Gasteiger partial charge in [0.2, 0.25) is 11.7 Å². The number of unbranched alkanes of at least 4 members (excludes halogenated alkanes) is 1. The number of fused-ring (bicyclic) bond motifs is 7. The lowest BCUT2D eigenvalue weighted by molar-refractivity contribution is -0.202. The number of aliphatic hydroxyl groups is 1. The van der Waals surface area contributed by atoms with Crippen molar-refractivity contribution in [3.8, 4) is 5.75 Å². The second kappa shape index (κ2) is 17.5. The normalized spacial score (nSPS) is 32.4. The summed E-state index contributed by atoms with van der Waals surface area (Å²) in [7, 11) is 0. The van der Waals surface area contributed by atoms with E-state index < -0.39 is 53.2 Å². The van der Waals surface area contributed by atoms with Crippen LogP contribution in [0.1, 0.15) is 77.7 Å². The lowest BCUT2D eigenvalue weighted by atomic mass is 9.46. The van der Waals surface area contributed by atoms with Crippen molar-refractivity contribution in [1.29, 1.82) is 0 Å². The zero-order valence-electron chi connectivity index (χ0n) is 34.2. The maximum atomic E-state index is 16.0. The fraction of sp³-hybridized carbons (Fsp3) is 0.533. The molecule has 0 bridgehead atoms. The Hall–Kier alpha value is -5.12. The van der Waals surface area contributed by atoms with Crippen molar-refractivity contribution in [1.82, 2.24) is 5.32 Å². The van der Waals surface area contributed by atoms with E-state index in [2.05, 4.69) is 16.0 Å². The van der Waals surface area contributed by atoms with Crippen LogP contribution in [0.2, 0.25) is 0 Å². The van der Waals surface area contributed by atoms with E-state index in [4.69, 9.17) is 24.7 Å². The predicted molar refractivity (Wildman–Crippen MR) is 218 cm³/mol. The number of anilines is 2. The summed E-state index contributed by atoms with van der Waals surface area (Å²) in [5.74, 6) is -1.15. The number of ether oxygens (including phenoxy) is 4. The number of nitrogens with one attached hydrogen (secondary N) is 3. The molecular formula is C45H55FN4O10. The van der Waals surface area contributed by atoms with Crippen molar-refractivity contribution in [3.05, 3.63) is 77.9 Å². The van der Waals surface area contributed by atoms with E-state index in [9.17, 15) is 29.1 Å². The molecule has 3 saturated carbocycles. The fourth-order valence-corrected chi connectivity index (χ4v) is 10.7. The SMILES string of the molecule is CCCC1O[C@@H]2CC3[C@@H]4C[C@H](F)C5=CC(=O)C=C[C@]5(C)C4[C@@H](O)C[C@]3(C)[C@]2(C(=O)COc2ccc(NC(=O)OCc3ccc(NC(=O)CCCCNC(N)=O)cc3)cc2)O1. The first-order valence-electron chi connectivity index (χ1n) is 20.9. The molecule has 4 aliphatic carbocycles. The van der Waals surface area contributed by atoms with Gasteiger partial charge in [0.25, 0.3) is 0 Å². The molecule has 0 spiro atoms. The van der Waals surface area contributed by atoms with Crippen LogP contribution < -0.4 is 26.4 Å². The van der Waals surface area contributed by atoms with Crippen molar-refractivity contribution in [2.45, 2.75) is 109 Å². The Morgan fingerprint density at radius 1 is 1.00 bits per heavy atom. The number of allylic oxidation sites excluding steroid dienone is 4. The number of hydrogen-bond donors (Lipinski definition) is 5. The quantitative estimate of drug-likeness (QED) is 0.127. The van der Waals surface area contributed by atoms with E-state index in [1.807, 2.05) is 20.8 Å². The third kappa shape index (κ3) is 8.31. The van der Waals surface area contributed by atoms with Gasteiger partial charge in [-0.05, 0) is 110 Å². The smallest absolute Gasteiger partial charge is 0.411 e. The summed E-state index contributed by atoms with van der Waals surface area (Å²) in [4.78, 5) is 62.4. The molecule has 1 saturated heterocycles. The van der Waals surface area contributed by atoms with Gasteiger partial charge in [0.15, 0.2) is 17.7 Å². The van der Waals surface area contributed by atoms with Crippen molar-refractivity contribution in [2.24, 2.45) is 34.3 Å². The molecule has 322 valence electrons. The van der Waals surface area contributed by atoms with Crippen LogP contribution in [0.15, 0.2) is 72.3 Å². The molecule has 1 aliphatic heterocycles. The summed E-state index contributed by atoms with van der Waals surface area (Å²) in [6.45, 7) is 5.96. The highest BCUT2D eigenvalue weighted by molar-refractivity contribution is 6.01. The van der Waals surface area contributed by atoms with Gasteiger partial charge in [-0.1, -0.05) is 45.4 Å². The van der Waals surface area contributed by atoms with Gasteiger partial charge in [-0.25, -0.2) is 14.0 Å². The lowest BCUT2D eigenvalue weighted by Gasteiger charge is -2.60. The van der Waals surface area contributed by atoms with Gasteiger partial charge in [0.1, 0.15) is 25.1 Å². The largest absolute Gasteiger partial charge is 0.486 e. The molecule has 6 N–H and O–H groups in total. The molecule has 15 heteroatoms. The topological polar surface area (TPSA) is 205 Å². The first-order chi connectivity index (χ1) is 28.7. The number of hydrogen-bond acceptors (Lipinski definition) is 10. The number of amides is 4. The number of carbonyl (C=O) groups is 5. The highest BCUT2D eigenvalue weighted by atomic mass is 19.1. The monoisotopic (exact) mass is 830 g/mol. The van der Waals surface area contributed by atoms with E-state index in [0.29, 0.717) is 66.9 Å². The minimum Gasteiger partial charge on any atom is -0.486 e. The van der Waals surface area contributed by atoms with Crippen LogP contribution in [0.5, 0.6) is 5.75 Å². The van der Waals surface area contributed by atoms with E-state index in [0.717, 1.165) is 6.42 Å². The average Bonchev–Trinajstić information content (AvgIpc) is 3.69. The Labute approximate surface area is 348 Å². The van der Waals surface area contributed by atoms with Crippen LogP contribution >= 0.6 is 0 Å². The summed E-state index contributed by atoms with van der Waals surface area (Å²) in [5.41, 5.74) is 4.06. The lowest BCUT2D eigenvalue weighted by Crippen LogP contribution is -2.64. The van der Waals surface area contributed by atoms with E-state index in [-0.39, 0.29) is 61.3 Å². The van der Waals surface area contributed by atoms with Gasteiger partial charge >= 0.3 is 12.1 Å². The molecule has 0 radical (unpaired) electrons. The third-order valence-corrected chi connectivity index (χ3v) is 13.4. The predicted octanol–water partition coefficient (Wildman–Crippen LogP) is 6.28. The fourth-order valence-electron chi connectivity index (χ4n) is 10.7. The number of carbonyl (C=O) groups excluding carboxylic acids is 5. The van der Waals surface area contributed by atoms with Crippen LogP contribution in [0.25, 0.3) is 0 Å². The molecule has 3 unspecified atom stereocenters. The number of nitrogens with two attached hydrogens (primary N) is 1. The summed E-state index contributed by atoms with van der Waals surface area (Å²) < 4.78 is 40.6. The van der Waals surface area contributed by atoms with Gasteiger partial charge in [0, 0.05) is 41.1 Å². The molecule has 4 amide bonds. The Kier molecular flexibility index (Phi) is 12.5. The van der Waals surface area contributed by atoms with Crippen molar-refractivity contribution < 1.29 is 52.4 Å². The van der Waals surface area contributed by atoms with Crippen LogP contribution in [0.4, 0.5) is 25.4 Å². The Balaban J connectivity index is 0.937. The summed E-state index contributed by atoms with van der Waals surface area (Å²) >= 11 is 0. The van der Waals surface area contributed by atoms with E-state index in [1.54, 1.807) is 54.6 Å². The van der Waals surface area contributed by atoms with Crippen LogP contribution in [-0.2, 0) is 35.2 Å². The summed E-state index contributed by atoms with van der Waals surface area (Å²) in [5, 5.41) is 19.9.